The van der Waals surface area contributed by atoms with Gasteiger partial charge in [0.05, 0.1) is 11.3 Å². The molecule has 0 amide bonds. The summed E-state index contributed by atoms with van der Waals surface area (Å²) in [7, 11) is 0. The molecule has 0 aliphatic heterocycles. The Hall–Kier alpha value is -3.99. The van der Waals surface area contributed by atoms with E-state index in [0.717, 1.165) is 24.0 Å². The normalized spacial score (nSPS) is 12.3. The maximum atomic E-state index is 13.1. The van der Waals surface area contributed by atoms with Gasteiger partial charge in [0, 0.05) is 0 Å². The Morgan fingerprint density at radius 1 is 0.969 bits per heavy atom. The molecule has 5 heteroatoms. The zero-order valence-corrected chi connectivity index (χ0v) is 18.0. The summed E-state index contributed by atoms with van der Waals surface area (Å²) in [5.74, 6) is -0.388. The third-order valence-corrected chi connectivity index (χ3v) is 5.12. The molecule has 0 spiro atoms. The Morgan fingerprint density at radius 3 is 2.28 bits per heavy atom. The van der Waals surface area contributed by atoms with Crippen LogP contribution in [0.25, 0.3) is 11.8 Å². The van der Waals surface area contributed by atoms with Crippen molar-refractivity contribution >= 4 is 17.7 Å². The van der Waals surface area contributed by atoms with Crippen molar-refractivity contribution in [3.05, 3.63) is 120 Å². The number of hydrogen-bond donors (Lipinski definition) is 0. The molecule has 0 fully saturated rings. The summed E-state index contributed by atoms with van der Waals surface area (Å²) in [6.07, 6.45) is 6.42. The Morgan fingerprint density at radius 2 is 1.66 bits per heavy atom. The van der Waals surface area contributed by atoms with Crippen molar-refractivity contribution in [2.24, 2.45) is 0 Å². The fourth-order valence-corrected chi connectivity index (χ4v) is 3.52. The predicted molar refractivity (Wildman–Crippen MR) is 126 cm³/mol. The third kappa shape index (κ3) is 5.19. The van der Waals surface area contributed by atoms with Gasteiger partial charge < -0.3 is 4.74 Å². The van der Waals surface area contributed by atoms with E-state index in [4.69, 9.17) is 4.74 Å². The number of carbonyl (C=O) groups is 1. The average molecular weight is 424 g/mol. The van der Waals surface area contributed by atoms with Crippen molar-refractivity contribution in [3.8, 4) is 0 Å². The van der Waals surface area contributed by atoms with Crippen LogP contribution in [-0.2, 0) is 11.2 Å². The van der Waals surface area contributed by atoms with Crippen LogP contribution in [0, 0.1) is 0 Å². The van der Waals surface area contributed by atoms with Gasteiger partial charge in [-0.1, -0.05) is 86.1 Å². The minimum atomic E-state index is -0.666. The standard InChI is InChI=1S/C27H25N3O2/c1-2-9-21-14-16-24(17-15-21)27(31)32-26(23-12-7-4-8-13-23)25(30-20-28-19-29-30)18-22-10-5-3-6-11-22/h3-8,10-20,26H,2,9H2,1H3/b25-18+. The second-order valence-electron chi connectivity index (χ2n) is 7.46. The van der Waals surface area contributed by atoms with Gasteiger partial charge in [0.25, 0.3) is 0 Å². The highest BCUT2D eigenvalue weighted by Crippen LogP contribution is 2.31. The number of aryl methyl sites for hydroxylation is 1. The highest BCUT2D eigenvalue weighted by molar-refractivity contribution is 5.90. The lowest BCUT2D eigenvalue weighted by Crippen LogP contribution is -2.17. The molecule has 0 radical (unpaired) electrons. The lowest BCUT2D eigenvalue weighted by atomic mass is 10.0. The van der Waals surface area contributed by atoms with Crippen LogP contribution in [0.3, 0.4) is 0 Å². The number of carbonyl (C=O) groups excluding carboxylic acids is 1. The van der Waals surface area contributed by atoms with E-state index in [1.54, 1.807) is 11.0 Å². The van der Waals surface area contributed by atoms with E-state index in [9.17, 15) is 4.79 Å². The molecule has 0 bridgehead atoms. The monoisotopic (exact) mass is 423 g/mol. The van der Waals surface area contributed by atoms with Crippen LogP contribution < -0.4 is 0 Å². The van der Waals surface area contributed by atoms with Gasteiger partial charge in [-0.05, 0) is 41.3 Å². The van der Waals surface area contributed by atoms with Crippen molar-refractivity contribution < 1.29 is 9.53 Å². The molecule has 0 saturated carbocycles. The SMILES string of the molecule is CCCc1ccc(C(=O)OC(/C(=C\c2ccccc2)n2cncn2)c2ccccc2)cc1. The van der Waals surface area contributed by atoms with Crippen LogP contribution >= 0.6 is 0 Å². The molecule has 0 N–H and O–H groups in total. The van der Waals surface area contributed by atoms with E-state index in [2.05, 4.69) is 17.0 Å². The molecule has 0 saturated heterocycles. The highest BCUT2D eigenvalue weighted by Gasteiger charge is 2.24. The lowest BCUT2D eigenvalue weighted by Gasteiger charge is -2.22. The number of hydrogen-bond acceptors (Lipinski definition) is 4. The van der Waals surface area contributed by atoms with Gasteiger partial charge in [-0.2, -0.15) is 5.10 Å². The molecule has 0 aliphatic rings. The average Bonchev–Trinajstić information content (AvgIpc) is 3.38. The Balaban J connectivity index is 1.72. The molecule has 4 aromatic rings. The largest absolute Gasteiger partial charge is 0.447 e. The molecule has 5 nitrogen and oxygen atoms in total. The number of ether oxygens (including phenoxy) is 1. The summed E-state index contributed by atoms with van der Waals surface area (Å²) < 4.78 is 7.73. The van der Waals surface area contributed by atoms with E-state index in [-0.39, 0.29) is 5.97 Å². The second-order valence-corrected chi connectivity index (χ2v) is 7.46. The van der Waals surface area contributed by atoms with Gasteiger partial charge >= 0.3 is 5.97 Å². The molecule has 3 aromatic carbocycles. The Labute approximate surface area is 188 Å². The Kier molecular flexibility index (Phi) is 6.88. The summed E-state index contributed by atoms with van der Waals surface area (Å²) in [6.45, 7) is 2.14. The number of aromatic nitrogens is 3. The van der Waals surface area contributed by atoms with Gasteiger partial charge in [-0.15, -0.1) is 0 Å². The van der Waals surface area contributed by atoms with Gasteiger partial charge in [0.1, 0.15) is 12.7 Å². The van der Waals surface area contributed by atoms with Crippen molar-refractivity contribution in [3.63, 3.8) is 0 Å². The van der Waals surface area contributed by atoms with Crippen LogP contribution in [0.2, 0.25) is 0 Å². The minimum absolute atomic E-state index is 0.388. The zero-order valence-electron chi connectivity index (χ0n) is 18.0. The number of rotatable bonds is 8. The predicted octanol–water partition coefficient (Wildman–Crippen LogP) is 5.83. The first-order valence-electron chi connectivity index (χ1n) is 10.7. The smallest absolute Gasteiger partial charge is 0.339 e. The van der Waals surface area contributed by atoms with Crippen molar-refractivity contribution in [2.75, 3.05) is 0 Å². The summed E-state index contributed by atoms with van der Waals surface area (Å²) in [5, 5.41) is 4.32. The van der Waals surface area contributed by atoms with E-state index in [1.165, 1.54) is 11.9 Å². The van der Waals surface area contributed by atoms with Crippen molar-refractivity contribution in [2.45, 2.75) is 25.9 Å². The number of esters is 1. The van der Waals surface area contributed by atoms with Crippen LogP contribution in [0.4, 0.5) is 0 Å². The summed E-state index contributed by atoms with van der Waals surface area (Å²) in [5.41, 5.74) is 4.23. The minimum Gasteiger partial charge on any atom is -0.447 e. The maximum absolute atomic E-state index is 13.1. The maximum Gasteiger partial charge on any atom is 0.339 e. The third-order valence-electron chi connectivity index (χ3n) is 5.12. The van der Waals surface area contributed by atoms with Crippen LogP contribution in [0.5, 0.6) is 0 Å². The Bertz CT molecular complexity index is 1150. The van der Waals surface area contributed by atoms with E-state index < -0.39 is 6.10 Å². The fourth-order valence-electron chi connectivity index (χ4n) is 3.52. The molecular weight excluding hydrogens is 398 g/mol. The second kappa shape index (κ2) is 10.4. The first-order valence-corrected chi connectivity index (χ1v) is 10.7. The summed E-state index contributed by atoms with van der Waals surface area (Å²) in [6, 6.07) is 27.2. The molecule has 32 heavy (non-hydrogen) atoms. The van der Waals surface area contributed by atoms with E-state index in [0.29, 0.717) is 11.3 Å². The van der Waals surface area contributed by atoms with Crippen LogP contribution in [0.15, 0.2) is 97.6 Å². The first-order chi connectivity index (χ1) is 15.7. The molecule has 1 heterocycles. The summed E-state index contributed by atoms with van der Waals surface area (Å²) >= 11 is 0. The molecule has 1 unspecified atom stereocenters. The quantitative estimate of drug-likeness (QED) is 0.335. The van der Waals surface area contributed by atoms with E-state index >= 15 is 0 Å². The van der Waals surface area contributed by atoms with Gasteiger partial charge in [-0.3, -0.25) is 0 Å². The number of nitrogens with zero attached hydrogens (tertiary/aromatic N) is 3. The molecule has 1 atom stereocenters. The zero-order chi connectivity index (χ0) is 22.2. The molecular formula is C27H25N3O2. The van der Waals surface area contributed by atoms with Crippen LogP contribution in [-0.4, -0.2) is 20.7 Å². The van der Waals surface area contributed by atoms with Crippen molar-refractivity contribution in [1.29, 1.82) is 0 Å². The number of benzene rings is 3. The fraction of sp³-hybridized carbons (Fsp3) is 0.148. The van der Waals surface area contributed by atoms with Gasteiger partial charge in [0.15, 0.2) is 6.10 Å². The van der Waals surface area contributed by atoms with Gasteiger partial charge in [-0.25, -0.2) is 14.5 Å². The summed E-state index contributed by atoms with van der Waals surface area (Å²) in [4.78, 5) is 17.2. The highest BCUT2D eigenvalue weighted by atomic mass is 16.5. The molecule has 4 rings (SSSR count). The first kappa shape index (κ1) is 21.2. The molecule has 0 aliphatic carbocycles. The molecule has 1 aromatic heterocycles. The lowest BCUT2D eigenvalue weighted by molar-refractivity contribution is 0.0399. The molecule has 160 valence electrons. The van der Waals surface area contributed by atoms with Crippen LogP contribution in [0.1, 0.15) is 46.5 Å². The van der Waals surface area contributed by atoms with Gasteiger partial charge in [0.2, 0.25) is 0 Å². The van der Waals surface area contributed by atoms with E-state index in [1.807, 2.05) is 91.0 Å². The topological polar surface area (TPSA) is 57.0 Å². The van der Waals surface area contributed by atoms with Crippen molar-refractivity contribution in [1.82, 2.24) is 14.8 Å².